The minimum atomic E-state index is -3.84. The van der Waals surface area contributed by atoms with Crippen molar-refractivity contribution >= 4 is 27.6 Å². The van der Waals surface area contributed by atoms with Gasteiger partial charge in [0.1, 0.15) is 5.75 Å². The van der Waals surface area contributed by atoms with Gasteiger partial charge in [0.05, 0.1) is 12.0 Å². The molecule has 0 spiro atoms. The summed E-state index contributed by atoms with van der Waals surface area (Å²) < 4.78 is 30.1. The normalized spacial score (nSPS) is 10.1. The van der Waals surface area contributed by atoms with Crippen LogP contribution in [0.4, 0.5) is 10.5 Å². The lowest BCUT2D eigenvalue weighted by Crippen LogP contribution is -2.28. The fourth-order valence-electron chi connectivity index (χ4n) is 1.94. The molecule has 2 aromatic rings. The summed E-state index contributed by atoms with van der Waals surface area (Å²) in [7, 11) is -0.692. The third-order valence-electron chi connectivity index (χ3n) is 3.24. The van der Waals surface area contributed by atoms with Crippen molar-refractivity contribution in [2.75, 3.05) is 19.5 Å². The number of anilines is 1. The van der Waals surface area contributed by atoms with E-state index in [2.05, 4.69) is 10.6 Å². The molecule has 0 aromatic heterocycles. The Morgan fingerprint density at radius 3 is 2.04 bits per heavy atom. The third-order valence-corrected chi connectivity index (χ3v) is 4.69. The van der Waals surface area contributed by atoms with Crippen LogP contribution in [0.2, 0.25) is 0 Å². The minimum absolute atomic E-state index is 0.0554. The van der Waals surface area contributed by atoms with E-state index in [1.807, 2.05) is 35.9 Å². The van der Waals surface area contributed by atoms with Gasteiger partial charge in [0.25, 0.3) is 10.0 Å². The molecule has 8 nitrogen and oxygen atoms in total. The highest BCUT2D eigenvalue weighted by Gasteiger charge is 2.15. The van der Waals surface area contributed by atoms with Crippen LogP contribution in [0.3, 0.4) is 0 Å². The molecule has 0 heterocycles. The van der Waals surface area contributed by atoms with Gasteiger partial charge in [-0.15, -0.1) is 0 Å². The number of para-hydroxylation sites is 1. The molecule has 2 rings (SSSR count). The van der Waals surface area contributed by atoms with Crippen molar-refractivity contribution in [2.24, 2.45) is 0 Å². The molecule has 0 fully saturated rings. The smallest absolute Gasteiger partial charge is 0.318 e. The first-order valence-corrected chi connectivity index (χ1v) is 9.39. The molecule has 2 aromatic carbocycles. The molecule has 0 saturated heterocycles. The van der Waals surface area contributed by atoms with Gasteiger partial charge in [-0.1, -0.05) is 18.2 Å². The number of benzene rings is 2. The summed E-state index contributed by atoms with van der Waals surface area (Å²) in [5, 5.41) is 4.84. The predicted octanol–water partition coefficient (Wildman–Crippen LogP) is 2.27. The molecule has 0 atom stereocenters. The van der Waals surface area contributed by atoms with E-state index in [4.69, 9.17) is 4.74 Å². The highest BCUT2D eigenvalue weighted by Crippen LogP contribution is 2.14. The van der Waals surface area contributed by atoms with E-state index >= 15 is 0 Å². The third kappa shape index (κ3) is 7.37. The summed E-state index contributed by atoms with van der Waals surface area (Å²) in [5.74, 6) is 0.292. The lowest BCUT2D eigenvalue weighted by atomic mass is 10.2. The van der Waals surface area contributed by atoms with Gasteiger partial charge < -0.3 is 15.4 Å². The lowest BCUT2D eigenvalue weighted by molar-refractivity contribution is -0.117. The van der Waals surface area contributed by atoms with Crippen LogP contribution >= 0.6 is 0 Å². The van der Waals surface area contributed by atoms with Gasteiger partial charge in [-0.05, 0) is 42.8 Å². The van der Waals surface area contributed by atoms with Crippen LogP contribution in [-0.4, -0.2) is 34.5 Å². The van der Waals surface area contributed by atoms with E-state index < -0.39 is 22.0 Å². The van der Waals surface area contributed by atoms with Gasteiger partial charge in [0, 0.05) is 19.7 Å². The quantitative estimate of drug-likeness (QED) is 0.737. The number of rotatable bonds is 4. The number of carbonyl (C=O) groups excluding carboxylic acids is 2. The number of aryl methyl sites for hydroxylation is 1. The Morgan fingerprint density at radius 2 is 1.59 bits per heavy atom. The van der Waals surface area contributed by atoms with Crippen molar-refractivity contribution in [2.45, 2.75) is 18.7 Å². The molecule has 0 unspecified atom stereocenters. The van der Waals surface area contributed by atoms with Crippen LogP contribution in [-0.2, 0) is 14.8 Å². The first kappa shape index (κ1) is 22.0. The Balaban J connectivity index is 0.000000337. The number of hydrogen-bond donors (Lipinski definition) is 3. The molecule has 3 amide bonds. The summed E-state index contributed by atoms with van der Waals surface area (Å²) in [6, 6.07) is 13.0. The molecule has 0 aliphatic heterocycles. The van der Waals surface area contributed by atoms with E-state index in [9.17, 15) is 18.0 Å². The van der Waals surface area contributed by atoms with E-state index in [1.165, 1.54) is 36.9 Å². The van der Waals surface area contributed by atoms with Crippen molar-refractivity contribution in [3.8, 4) is 5.75 Å². The van der Waals surface area contributed by atoms with Gasteiger partial charge in [0.2, 0.25) is 5.91 Å². The van der Waals surface area contributed by atoms with Crippen LogP contribution in [0.1, 0.15) is 12.5 Å². The summed E-state index contributed by atoms with van der Waals surface area (Å²) >= 11 is 0. The molecule has 0 aliphatic rings. The molecular weight excluding hydrogens is 370 g/mol. The summed E-state index contributed by atoms with van der Waals surface area (Å²) in [5.41, 5.74) is 1.62. The van der Waals surface area contributed by atoms with Gasteiger partial charge in [-0.2, -0.15) is 0 Å². The number of hydrogen-bond acceptors (Lipinski definition) is 5. The van der Waals surface area contributed by atoms with Crippen molar-refractivity contribution in [1.29, 1.82) is 0 Å². The van der Waals surface area contributed by atoms with Gasteiger partial charge in [-0.25, -0.2) is 17.9 Å². The van der Waals surface area contributed by atoms with Gasteiger partial charge >= 0.3 is 6.03 Å². The Bertz CT molecular complexity index is 880. The summed E-state index contributed by atoms with van der Waals surface area (Å²) in [6.45, 7) is 3.14. The second-order valence-electron chi connectivity index (χ2n) is 5.36. The monoisotopic (exact) mass is 393 g/mol. The molecule has 0 bridgehead atoms. The van der Waals surface area contributed by atoms with Crippen molar-refractivity contribution in [1.82, 2.24) is 10.0 Å². The number of amides is 3. The average molecular weight is 393 g/mol. The second-order valence-corrected chi connectivity index (χ2v) is 7.04. The Hall–Kier alpha value is -3.07. The number of sulfonamides is 1. The summed E-state index contributed by atoms with van der Waals surface area (Å²) in [6.07, 6.45) is 0. The SMILES string of the molecule is CNC(=O)Nc1ccc(S(=O)(=O)NC(C)=O)cc1.COc1ccccc1C. The fourth-order valence-corrected chi connectivity index (χ4v) is 2.94. The van der Waals surface area contributed by atoms with Crippen LogP contribution < -0.4 is 20.1 Å². The molecule has 0 radical (unpaired) electrons. The maximum absolute atomic E-state index is 11.6. The van der Waals surface area contributed by atoms with Gasteiger partial charge in [-0.3, -0.25) is 4.79 Å². The lowest BCUT2D eigenvalue weighted by Gasteiger charge is -2.07. The van der Waals surface area contributed by atoms with Gasteiger partial charge in [0.15, 0.2) is 0 Å². The average Bonchev–Trinajstić information content (AvgIpc) is 2.62. The molecule has 3 N–H and O–H groups in total. The predicted molar refractivity (Wildman–Crippen MR) is 103 cm³/mol. The number of nitrogens with one attached hydrogen (secondary N) is 3. The maximum Gasteiger partial charge on any atom is 0.318 e. The molecular formula is C18H23N3O5S. The van der Waals surface area contributed by atoms with Crippen LogP contribution in [0.5, 0.6) is 5.75 Å². The number of ether oxygens (including phenoxy) is 1. The first-order valence-electron chi connectivity index (χ1n) is 7.91. The number of urea groups is 1. The van der Waals surface area contributed by atoms with Crippen molar-refractivity contribution in [3.05, 3.63) is 54.1 Å². The Morgan fingerprint density at radius 1 is 1.00 bits per heavy atom. The molecule has 27 heavy (non-hydrogen) atoms. The molecule has 9 heteroatoms. The zero-order chi connectivity index (χ0) is 20.4. The first-order chi connectivity index (χ1) is 12.7. The zero-order valence-electron chi connectivity index (χ0n) is 15.6. The summed E-state index contributed by atoms with van der Waals surface area (Å²) in [4.78, 5) is 21.7. The fraction of sp³-hybridized carbons (Fsp3) is 0.222. The van der Waals surface area contributed by atoms with E-state index in [1.54, 1.807) is 7.11 Å². The highest BCUT2D eigenvalue weighted by molar-refractivity contribution is 7.90. The van der Waals surface area contributed by atoms with Crippen LogP contribution in [0, 0.1) is 6.92 Å². The van der Waals surface area contributed by atoms with E-state index in [0.717, 1.165) is 12.7 Å². The topological polar surface area (TPSA) is 114 Å². The second kappa shape index (κ2) is 10.2. The standard InChI is InChI=1S/C10H13N3O4S.C8H10O/c1-7(14)13-18(16,17)9-5-3-8(4-6-9)12-10(15)11-2;1-7-5-3-4-6-8(7)9-2/h3-6H,1-2H3,(H,13,14)(H2,11,12,15);3-6H,1-2H3. The molecule has 0 saturated carbocycles. The molecule has 0 aliphatic carbocycles. The van der Waals surface area contributed by atoms with E-state index in [-0.39, 0.29) is 4.90 Å². The maximum atomic E-state index is 11.6. The zero-order valence-corrected chi connectivity index (χ0v) is 16.4. The number of methoxy groups -OCH3 is 1. The minimum Gasteiger partial charge on any atom is -0.496 e. The Kier molecular flexibility index (Phi) is 8.28. The highest BCUT2D eigenvalue weighted by atomic mass is 32.2. The van der Waals surface area contributed by atoms with Crippen molar-refractivity contribution in [3.63, 3.8) is 0 Å². The van der Waals surface area contributed by atoms with Crippen LogP contribution in [0.15, 0.2) is 53.4 Å². The largest absolute Gasteiger partial charge is 0.496 e. The number of carbonyl (C=O) groups is 2. The molecule has 146 valence electrons. The Labute approximate surface area is 159 Å². The van der Waals surface area contributed by atoms with Crippen LogP contribution in [0.25, 0.3) is 0 Å². The van der Waals surface area contributed by atoms with E-state index in [0.29, 0.717) is 5.69 Å². The van der Waals surface area contributed by atoms with Crippen molar-refractivity contribution < 1.29 is 22.7 Å².